The minimum atomic E-state index is 0.0673. The molecule has 0 bridgehead atoms. The number of nitrogens with two attached hydrogens (primary N) is 1. The number of ether oxygens (including phenoxy) is 1. The number of nitrogens with zero attached hydrogens (tertiary/aromatic N) is 2. The maximum absolute atomic E-state index is 6.19. The SMILES string of the molecule is COC(C)Cc1ncc2c(n1)CC(C)(C)CC2N. The lowest BCUT2D eigenvalue weighted by atomic mass is 9.74. The fourth-order valence-corrected chi connectivity index (χ4v) is 2.59. The Bertz CT molecular complexity index is 431. The summed E-state index contributed by atoms with van der Waals surface area (Å²) in [7, 11) is 1.71. The van der Waals surface area contributed by atoms with Crippen molar-refractivity contribution in [1.82, 2.24) is 9.97 Å². The molecule has 2 rings (SSSR count). The maximum Gasteiger partial charge on any atom is 0.131 e. The highest BCUT2D eigenvalue weighted by molar-refractivity contribution is 5.26. The third-order valence-corrected chi connectivity index (χ3v) is 3.64. The predicted octanol–water partition coefficient (Wildman–Crippen LogP) is 2.03. The van der Waals surface area contributed by atoms with Crippen LogP contribution in [0.25, 0.3) is 0 Å². The first kappa shape index (κ1) is 13.4. The molecule has 4 nitrogen and oxygen atoms in total. The van der Waals surface area contributed by atoms with Gasteiger partial charge in [0.15, 0.2) is 0 Å². The molecule has 0 saturated carbocycles. The molecule has 0 radical (unpaired) electrons. The second kappa shape index (κ2) is 4.94. The molecule has 0 aliphatic heterocycles. The Hall–Kier alpha value is -1.00. The fourth-order valence-electron chi connectivity index (χ4n) is 2.59. The Morgan fingerprint density at radius 2 is 2.28 bits per heavy atom. The fraction of sp³-hybridized carbons (Fsp3) is 0.714. The van der Waals surface area contributed by atoms with E-state index in [-0.39, 0.29) is 17.6 Å². The van der Waals surface area contributed by atoms with E-state index in [0.29, 0.717) is 0 Å². The third-order valence-electron chi connectivity index (χ3n) is 3.64. The molecule has 2 N–H and O–H groups in total. The smallest absolute Gasteiger partial charge is 0.131 e. The molecule has 1 heterocycles. The average Bonchev–Trinajstić information content (AvgIpc) is 2.26. The van der Waals surface area contributed by atoms with Gasteiger partial charge in [-0.2, -0.15) is 0 Å². The lowest BCUT2D eigenvalue weighted by molar-refractivity contribution is 0.117. The second-order valence-corrected chi connectivity index (χ2v) is 6.09. The lowest BCUT2D eigenvalue weighted by Gasteiger charge is -2.34. The quantitative estimate of drug-likeness (QED) is 0.890. The van der Waals surface area contributed by atoms with Gasteiger partial charge in [0.25, 0.3) is 0 Å². The molecule has 1 aliphatic carbocycles. The molecule has 4 heteroatoms. The maximum atomic E-state index is 6.19. The van der Waals surface area contributed by atoms with E-state index in [2.05, 4.69) is 23.8 Å². The number of hydrogen-bond donors (Lipinski definition) is 1. The molecule has 0 spiro atoms. The summed E-state index contributed by atoms with van der Waals surface area (Å²) in [5.74, 6) is 0.855. The molecular weight excluding hydrogens is 226 g/mol. The van der Waals surface area contributed by atoms with Gasteiger partial charge in [-0.1, -0.05) is 13.8 Å². The Labute approximate surface area is 109 Å². The Kier molecular flexibility index (Phi) is 3.69. The third kappa shape index (κ3) is 2.87. The minimum absolute atomic E-state index is 0.0673. The first-order chi connectivity index (χ1) is 8.41. The zero-order chi connectivity index (χ0) is 13.3. The molecular formula is C14H23N3O. The number of fused-ring (bicyclic) bond motifs is 1. The van der Waals surface area contributed by atoms with Gasteiger partial charge in [-0.05, 0) is 25.2 Å². The van der Waals surface area contributed by atoms with Crippen LogP contribution in [0.15, 0.2) is 6.20 Å². The van der Waals surface area contributed by atoms with Gasteiger partial charge in [0.2, 0.25) is 0 Å². The molecule has 0 saturated heterocycles. The highest BCUT2D eigenvalue weighted by Gasteiger charge is 2.31. The van der Waals surface area contributed by atoms with Gasteiger partial charge >= 0.3 is 0 Å². The lowest BCUT2D eigenvalue weighted by Crippen LogP contribution is -2.31. The van der Waals surface area contributed by atoms with E-state index >= 15 is 0 Å². The molecule has 2 atom stereocenters. The van der Waals surface area contributed by atoms with Crippen LogP contribution in [-0.2, 0) is 17.6 Å². The largest absolute Gasteiger partial charge is 0.381 e. The van der Waals surface area contributed by atoms with Crippen molar-refractivity contribution in [2.75, 3.05) is 7.11 Å². The number of rotatable bonds is 3. The van der Waals surface area contributed by atoms with Crippen LogP contribution in [-0.4, -0.2) is 23.2 Å². The number of methoxy groups -OCH3 is 1. The normalized spacial score (nSPS) is 23.5. The highest BCUT2D eigenvalue weighted by atomic mass is 16.5. The van der Waals surface area contributed by atoms with E-state index in [0.717, 1.165) is 36.3 Å². The van der Waals surface area contributed by atoms with E-state index in [4.69, 9.17) is 10.5 Å². The molecule has 0 fully saturated rings. The average molecular weight is 249 g/mol. The van der Waals surface area contributed by atoms with Crippen LogP contribution in [0.1, 0.15) is 50.3 Å². The molecule has 2 unspecified atom stereocenters. The Balaban J connectivity index is 2.26. The molecule has 18 heavy (non-hydrogen) atoms. The van der Waals surface area contributed by atoms with Crippen molar-refractivity contribution in [2.24, 2.45) is 11.1 Å². The Morgan fingerprint density at radius 3 is 2.94 bits per heavy atom. The Morgan fingerprint density at radius 1 is 1.56 bits per heavy atom. The summed E-state index contributed by atoms with van der Waals surface area (Å²) < 4.78 is 5.26. The number of hydrogen-bond acceptors (Lipinski definition) is 4. The monoisotopic (exact) mass is 249 g/mol. The van der Waals surface area contributed by atoms with Crippen molar-refractivity contribution >= 4 is 0 Å². The summed E-state index contributed by atoms with van der Waals surface area (Å²) in [5, 5.41) is 0. The van der Waals surface area contributed by atoms with Gasteiger partial charge in [0.1, 0.15) is 5.82 Å². The van der Waals surface area contributed by atoms with Crippen LogP contribution in [0.3, 0.4) is 0 Å². The molecule has 100 valence electrons. The first-order valence-corrected chi connectivity index (χ1v) is 6.54. The van der Waals surface area contributed by atoms with E-state index in [1.165, 1.54) is 0 Å². The summed E-state index contributed by atoms with van der Waals surface area (Å²) in [4.78, 5) is 9.08. The van der Waals surface area contributed by atoms with Crippen LogP contribution in [0, 0.1) is 5.41 Å². The van der Waals surface area contributed by atoms with Crippen molar-refractivity contribution < 1.29 is 4.74 Å². The van der Waals surface area contributed by atoms with Crippen LogP contribution in [0.2, 0.25) is 0 Å². The summed E-state index contributed by atoms with van der Waals surface area (Å²) in [6, 6.07) is 0.0673. The van der Waals surface area contributed by atoms with E-state index < -0.39 is 0 Å². The minimum Gasteiger partial charge on any atom is -0.381 e. The van der Waals surface area contributed by atoms with Crippen molar-refractivity contribution in [3.63, 3.8) is 0 Å². The summed E-state index contributed by atoms with van der Waals surface area (Å²) in [5.41, 5.74) is 8.65. The van der Waals surface area contributed by atoms with Gasteiger partial charge < -0.3 is 10.5 Å². The van der Waals surface area contributed by atoms with Gasteiger partial charge in [-0.15, -0.1) is 0 Å². The number of aromatic nitrogens is 2. The van der Waals surface area contributed by atoms with Crippen LogP contribution < -0.4 is 5.73 Å². The van der Waals surface area contributed by atoms with Crippen molar-refractivity contribution in [2.45, 2.75) is 52.2 Å². The molecule has 1 aromatic rings. The molecule has 1 aromatic heterocycles. The summed E-state index contributed by atoms with van der Waals surface area (Å²) in [6.07, 6.45) is 4.78. The van der Waals surface area contributed by atoms with Gasteiger partial charge in [-0.3, -0.25) is 0 Å². The first-order valence-electron chi connectivity index (χ1n) is 6.54. The summed E-state index contributed by atoms with van der Waals surface area (Å²) >= 11 is 0. The molecule has 0 aromatic carbocycles. The van der Waals surface area contributed by atoms with E-state index in [9.17, 15) is 0 Å². The summed E-state index contributed by atoms with van der Waals surface area (Å²) in [6.45, 7) is 6.52. The van der Waals surface area contributed by atoms with E-state index in [1.807, 2.05) is 13.1 Å². The molecule has 1 aliphatic rings. The van der Waals surface area contributed by atoms with Gasteiger partial charge in [0, 0.05) is 37.0 Å². The zero-order valence-electron chi connectivity index (χ0n) is 11.7. The topological polar surface area (TPSA) is 61.0 Å². The molecule has 0 amide bonds. The second-order valence-electron chi connectivity index (χ2n) is 6.09. The van der Waals surface area contributed by atoms with Crippen molar-refractivity contribution in [3.05, 3.63) is 23.3 Å². The van der Waals surface area contributed by atoms with Crippen molar-refractivity contribution in [1.29, 1.82) is 0 Å². The standard InChI is InChI=1S/C14H23N3O/c1-9(18-4)5-13-16-8-10-11(15)6-14(2,3)7-12(10)17-13/h8-9,11H,5-7,15H2,1-4H3. The van der Waals surface area contributed by atoms with Gasteiger partial charge in [0.05, 0.1) is 6.10 Å². The van der Waals surface area contributed by atoms with Crippen LogP contribution in [0.4, 0.5) is 0 Å². The van der Waals surface area contributed by atoms with Crippen LogP contribution >= 0.6 is 0 Å². The zero-order valence-corrected chi connectivity index (χ0v) is 11.7. The van der Waals surface area contributed by atoms with E-state index in [1.54, 1.807) is 7.11 Å². The van der Waals surface area contributed by atoms with Gasteiger partial charge in [-0.25, -0.2) is 9.97 Å². The highest BCUT2D eigenvalue weighted by Crippen LogP contribution is 2.38. The predicted molar refractivity (Wildman–Crippen MR) is 71.2 cm³/mol. The van der Waals surface area contributed by atoms with Crippen LogP contribution in [0.5, 0.6) is 0 Å². The van der Waals surface area contributed by atoms with Crippen molar-refractivity contribution in [3.8, 4) is 0 Å².